The normalized spacial score (nSPS) is 28.2. The van der Waals surface area contributed by atoms with Gasteiger partial charge < -0.3 is 15.3 Å². The number of nitrogens with one attached hydrogen (secondary N) is 1. The Bertz CT molecular complexity index is 575. The molecule has 2 amide bonds. The van der Waals surface area contributed by atoms with Gasteiger partial charge in [-0.3, -0.25) is 4.79 Å². The van der Waals surface area contributed by atoms with Crippen molar-refractivity contribution in [2.24, 2.45) is 11.3 Å². The molecule has 3 atom stereocenters. The Kier molecular flexibility index (Phi) is 3.81. The fraction of sp³-hybridized carbons (Fsp3) is 0.529. The molecule has 1 aromatic rings. The second kappa shape index (κ2) is 5.63. The minimum absolute atomic E-state index is 0.0880. The summed E-state index contributed by atoms with van der Waals surface area (Å²) in [5.74, 6) is -0.649. The first kappa shape index (κ1) is 14.9. The number of benzene rings is 1. The maximum Gasteiger partial charge on any atom is 0.317 e. The number of aliphatic carboxylic acids is 1. The SMILES string of the molecule is C[C@@H](NC(=O)N1C[C@@H]2CCC[C@@]2(C(=O)O)C1)c1ccccc1. The van der Waals surface area contributed by atoms with Crippen molar-refractivity contribution in [2.75, 3.05) is 13.1 Å². The number of carbonyl (C=O) groups is 2. The van der Waals surface area contributed by atoms with Crippen molar-refractivity contribution in [3.05, 3.63) is 35.9 Å². The number of fused-ring (bicyclic) bond motifs is 1. The van der Waals surface area contributed by atoms with Gasteiger partial charge in [-0.05, 0) is 31.2 Å². The van der Waals surface area contributed by atoms with Gasteiger partial charge in [0.2, 0.25) is 0 Å². The topological polar surface area (TPSA) is 69.6 Å². The molecule has 1 aliphatic heterocycles. The van der Waals surface area contributed by atoms with Crippen LogP contribution in [0.1, 0.15) is 37.8 Å². The van der Waals surface area contributed by atoms with Crippen LogP contribution in [0.5, 0.6) is 0 Å². The van der Waals surface area contributed by atoms with E-state index < -0.39 is 11.4 Å². The molecule has 0 aromatic heterocycles. The highest BCUT2D eigenvalue weighted by Crippen LogP contribution is 2.48. The number of likely N-dealkylation sites (tertiary alicyclic amines) is 1. The summed E-state index contributed by atoms with van der Waals surface area (Å²) >= 11 is 0. The van der Waals surface area contributed by atoms with E-state index in [9.17, 15) is 14.7 Å². The Balaban J connectivity index is 1.66. The van der Waals surface area contributed by atoms with Gasteiger partial charge in [0.1, 0.15) is 0 Å². The van der Waals surface area contributed by atoms with Crippen molar-refractivity contribution >= 4 is 12.0 Å². The smallest absolute Gasteiger partial charge is 0.317 e. The molecule has 1 heterocycles. The molecule has 2 fully saturated rings. The first-order chi connectivity index (χ1) is 10.5. The molecule has 5 nitrogen and oxygen atoms in total. The van der Waals surface area contributed by atoms with Crippen LogP contribution in [0.4, 0.5) is 4.79 Å². The van der Waals surface area contributed by atoms with Gasteiger partial charge in [0.15, 0.2) is 0 Å². The van der Waals surface area contributed by atoms with Crippen LogP contribution in [0.2, 0.25) is 0 Å². The Labute approximate surface area is 130 Å². The standard InChI is InChI=1S/C17H22N2O3/c1-12(13-6-3-2-4-7-13)18-16(22)19-10-14-8-5-9-17(14,11-19)15(20)21/h2-4,6-7,12,14H,5,8-11H2,1H3,(H,18,22)(H,20,21)/t12-,14+,17-/m1/s1. The number of rotatable bonds is 3. The number of carboxylic acids is 1. The number of hydrogen-bond acceptors (Lipinski definition) is 2. The number of urea groups is 1. The maximum atomic E-state index is 12.4. The van der Waals surface area contributed by atoms with E-state index in [-0.39, 0.29) is 18.0 Å². The molecule has 1 saturated carbocycles. The second-order valence-corrected chi connectivity index (χ2v) is 6.51. The average molecular weight is 302 g/mol. The summed E-state index contributed by atoms with van der Waals surface area (Å²) in [4.78, 5) is 25.8. The molecule has 3 rings (SSSR count). The van der Waals surface area contributed by atoms with E-state index in [0.29, 0.717) is 19.5 Å². The van der Waals surface area contributed by atoms with Crippen LogP contribution in [-0.2, 0) is 4.79 Å². The van der Waals surface area contributed by atoms with E-state index in [2.05, 4.69) is 5.32 Å². The van der Waals surface area contributed by atoms with E-state index in [1.54, 1.807) is 4.90 Å². The van der Waals surface area contributed by atoms with E-state index >= 15 is 0 Å². The minimum Gasteiger partial charge on any atom is -0.481 e. The molecular formula is C17H22N2O3. The first-order valence-electron chi connectivity index (χ1n) is 7.87. The molecule has 0 unspecified atom stereocenters. The van der Waals surface area contributed by atoms with Gasteiger partial charge in [-0.25, -0.2) is 4.79 Å². The fourth-order valence-corrected chi connectivity index (χ4v) is 3.90. The molecule has 1 aliphatic carbocycles. The van der Waals surface area contributed by atoms with Gasteiger partial charge in [0, 0.05) is 13.1 Å². The third-order valence-corrected chi connectivity index (χ3v) is 5.22. The van der Waals surface area contributed by atoms with Crippen LogP contribution in [0, 0.1) is 11.3 Å². The maximum absolute atomic E-state index is 12.4. The van der Waals surface area contributed by atoms with Gasteiger partial charge in [-0.2, -0.15) is 0 Å². The molecule has 118 valence electrons. The van der Waals surface area contributed by atoms with Gasteiger partial charge in [0.05, 0.1) is 11.5 Å². The Morgan fingerprint density at radius 2 is 2.09 bits per heavy atom. The summed E-state index contributed by atoms with van der Waals surface area (Å²) in [7, 11) is 0. The first-order valence-corrected chi connectivity index (χ1v) is 7.87. The summed E-state index contributed by atoms with van der Waals surface area (Å²) in [6, 6.07) is 9.53. The summed E-state index contributed by atoms with van der Waals surface area (Å²) in [6.45, 7) is 2.83. The Morgan fingerprint density at radius 3 is 2.73 bits per heavy atom. The van der Waals surface area contributed by atoms with Gasteiger partial charge in [-0.1, -0.05) is 36.8 Å². The average Bonchev–Trinajstić information content (AvgIpc) is 3.06. The zero-order chi connectivity index (χ0) is 15.7. The van der Waals surface area contributed by atoms with Crippen molar-refractivity contribution in [3.8, 4) is 0 Å². The predicted molar refractivity (Wildman–Crippen MR) is 82.4 cm³/mol. The lowest BCUT2D eigenvalue weighted by Crippen LogP contribution is -2.42. The molecule has 5 heteroatoms. The zero-order valence-corrected chi connectivity index (χ0v) is 12.8. The fourth-order valence-electron chi connectivity index (χ4n) is 3.90. The van der Waals surface area contributed by atoms with E-state index in [1.165, 1.54) is 0 Å². The van der Waals surface area contributed by atoms with Gasteiger partial charge >= 0.3 is 12.0 Å². The number of hydrogen-bond donors (Lipinski definition) is 2. The summed E-state index contributed by atoms with van der Waals surface area (Å²) < 4.78 is 0. The van der Waals surface area contributed by atoms with Gasteiger partial charge in [0.25, 0.3) is 0 Å². The van der Waals surface area contributed by atoms with Crippen LogP contribution in [0.3, 0.4) is 0 Å². The Morgan fingerprint density at radius 1 is 1.36 bits per heavy atom. The van der Waals surface area contributed by atoms with Crippen molar-refractivity contribution in [2.45, 2.75) is 32.2 Å². The quantitative estimate of drug-likeness (QED) is 0.902. The van der Waals surface area contributed by atoms with Crippen molar-refractivity contribution in [1.29, 1.82) is 0 Å². The van der Waals surface area contributed by atoms with E-state index in [0.717, 1.165) is 18.4 Å². The molecule has 0 spiro atoms. The lowest BCUT2D eigenvalue weighted by atomic mass is 9.81. The van der Waals surface area contributed by atoms with Crippen LogP contribution >= 0.6 is 0 Å². The molecule has 0 radical (unpaired) electrons. The van der Waals surface area contributed by atoms with Crippen LogP contribution in [-0.4, -0.2) is 35.1 Å². The highest BCUT2D eigenvalue weighted by atomic mass is 16.4. The third-order valence-electron chi connectivity index (χ3n) is 5.22. The van der Waals surface area contributed by atoms with Crippen molar-refractivity contribution in [1.82, 2.24) is 10.2 Å². The summed E-state index contributed by atoms with van der Waals surface area (Å²) in [6.07, 6.45) is 2.54. The van der Waals surface area contributed by atoms with Crippen molar-refractivity contribution < 1.29 is 14.7 Å². The molecule has 1 aromatic carbocycles. The molecule has 2 aliphatic rings. The lowest BCUT2D eigenvalue weighted by molar-refractivity contribution is -0.149. The van der Waals surface area contributed by atoms with Crippen LogP contribution < -0.4 is 5.32 Å². The zero-order valence-electron chi connectivity index (χ0n) is 12.8. The number of carboxylic acid groups (broad SMARTS) is 1. The second-order valence-electron chi connectivity index (χ2n) is 6.51. The van der Waals surface area contributed by atoms with Crippen molar-refractivity contribution in [3.63, 3.8) is 0 Å². The van der Waals surface area contributed by atoms with E-state index in [1.807, 2.05) is 37.3 Å². The van der Waals surface area contributed by atoms with Crippen LogP contribution in [0.15, 0.2) is 30.3 Å². The molecule has 22 heavy (non-hydrogen) atoms. The summed E-state index contributed by atoms with van der Waals surface area (Å²) in [5.41, 5.74) is 0.330. The number of carbonyl (C=O) groups excluding carboxylic acids is 1. The molecule has 1 saturated heterocycles. The monoisotopic (exact) mass is 302 g/mol. The third kappa shape index (κ3) is 2.45. The van der Waals surface area contributed by atoms with E-state index in [4.69, 9.17) is 0 Å². The highest BCUT2D eigenvalue weighted by Gasteiger charge is 2.55. The molecule has 0 bridgehead atoms. The largest absolute Gasteiger partial charge is 0.481 e. The molecular weight excluding hydrogens is 280 g/mol. The highest BCUT2D eigenvalue weighted by molar-refractivity contribution is 5.80. The molecule has 2 N–H and O–H groups in total. The number of amides is 2. The predicted octanol–water partition coefficient (Wildman–Crippen LogP) is 2.64. The van der Waals surface area contributed by atoms with Crippen LogP contribution in [0.25, 0.3) is 0 Å². The van der Waals surface area contributed by atoms with Gasteiger partial charge in [-0.15, -0.1) is 0 Å². The minimum atomic E-state index is -0.749. The number of nitrogens with zero attached hydrogens (tertiary/aromatic N) is 1. The lowest BCUT2D eigenvalue weighted by Gasteiger charge is -2.24. The Hall–Kier alpha value is -2.04. The summed E-state index contributed by atoms with van der Waals surface area (Å²) in [5, 5.41) is 12.6.